The van der Waals surface area contributed by atoms with Crippen LogP contribution in [0.15, 0.2) is 40.9 Å². The lowest BCUT2D eigenvalue weighted by Crippen LogP contribution is -1.96. The van der Waals surface area contributed by atoms with Crippen molar-refractivity contribution in [1.29, 1.82) is 0 Å². The van der Waals surface area contributed by atoms with Gasteiger partial charge in [-0.1, -0.05) is 15.9 Å². The number of hydrogen-bond donors (Lipinski definition) is 2. The number of halogens is 3. The molecule has 0 fully saturated rings. The highest BCUT2D eigenvalue weighted by atomic mass is 79.9. The number of nitrogen functional groups attached to an aromatic ring is 1. The summed E-state index contributed by atoms with van der Waals surface area (Å²) in [5, 5.41) is 2.77. The van der Waals surface area contributed by atoms with Gasteiger partial charge < -0.3 is 11.1 Å². The lowest BCUT2D eigenvalue weighted by Gasteiger charge is -2.08. The van der Waals surface area contributed by atoms with E-state index in [9.17, 15) is 8.78 Å². The number of hydrogen-bond acceptors (Lipinski definition) is 2. The summed E-state index contributed by atoms with van der Waals surface area (Å²) in [6, 6.07) is 8.55. The average molecular weight is 299 g/mol. The van der Waals surface area contributed by atoms with E-state index in [1.807, 2.05) is 0 Å². The van der Waals surface area contributed by atoms with Gasteiger partial charge in [0.25, 0.3) is 0 Å². The molecule has 0 unspecified atom stereocenters. The first-order valence-electron chi connectivity index (χ1n) is 4.83. The zero-order chi connectivity index (χ0) is 12.4. The van der Waals surface area contributed by atoms with Crippen LogP contribution < -0.4 is 11.1 Å². The third kappa shape index (κ3) is 2.94. The standard InChI is InChI=1S/C12H9BrF2N2/c13-7-1-2-12(11(15)3-7)17-10-5-8(14)4-9(16)6-10/h1-6,17H,16H2. The highest BCUT2D eigenvalue weighted by Crippen LogP contribution is 2.24. The molecule has 0 atom stereocenters. The second-order valence-electron chi connectivity index (χ2n) is 3.52. The highest BCUT2D eigenvalue weighted by molar-refractivity contribution is 9.10. The number of benzene rings is 2. The molecule has 0 aliphatic rings. The van der Waals surface area contributed by atoms with Gasteiger partial charge in [0, 0.05) is 15.8 Å². The minimum absolute atomic E-state index is 0.262. The molecule has 3 N–H and O–H groups in total. The first-order chi connectivity index (χ1) is 8.04. The molecule has 0 saturated heterocycles. The first kappa shape index (κ1) is 11.9. The van der Waals surface area contributed by atoms with Crippen LogP contribution >= 0.6 is 15.9 Å². The van der Waals surface area contributed by atoms with E-state index in [-0.39, 0.29) is 11.4 Å². The van der Waals surface area contributed by atoms with Crippen LogP contribution in [0.4, 0.5) is 25.8 Å². The topological polar surface area (TPSA) is 38.0 Å². The Kier molecular flexibility index (Phi) is 3.28. The van der Waals surface area contributed by atoms with Crippen LogP contribution in [0.25, 0.3) is 0 Å². The lowest BCUT2D eigenvalue weighted by molar-refractivity contribution is 0.627. The molecule has 0 aromatic heterocycles. The van der Waals surface area contributed by atoms with Crippen molar-refractivity contribution in [2.24, 2.45) is 0 Å². The van der Waals surface area contributed by atoms with Crippen LogP contribution in [0.1, 0.15) is 0 Å². The maximum Gasteiger partial charge on any atom is 0.147 e. The Morgan fingerprint density at radius 3 is 2.47 bits per heavy atom. The fraction of sp³-hybridized carbons (Fsp3) is 0. The summed E-state index contributed by atoms with van der Waals surface area (Å²) in [5.74, 6) is -0.896. The van der Waals surface area contributed by atoms with Gasteiger partial charge in [0.15, 0.2) is 0 Å². The number of nitrogens with one attached hydrogen (secondary N) is 1. The second-order valence-corrected chi connectivity index (χ2v) is 4.44. The lowest BCUT2D eigenvalue weighted by atomic mass is 10.2. The first-order valence-corrected chi connectivity index (χ1v) is 5.62. The van der Waals surface area contributed by atoms with E-state index in [2.05, 4.69) is 21.2 Å². The monoisotopic (exact) mass is 298 g/mol. The van der Waals surface area contributed by atoms with Crippen LogP contribution in [0.2, 0.25) is 0 Å². The predicted octanol–water partition coefficient (Wildman–Crippen LogP) is 4.05. The molecule has 5 heteroatoms. The molecule has 88 valence electrons. The van der Waals surface area contributed by atoms with Crippen molar-refractivity contribution in [3.63, 3.8) is 0 Å². The fourth-order valence-electron chi connectivity index (χ4n) is 1.43. The van der Waals surface area contributed by atoms with Crippen molar-refractivity contribution in [2.45, 2.75) is 0 Å². The minimum Gasteiger partial charge on any atom is -0.399 e. The van der Waals surface area contributed by atoms with Crippen molar-refractivity contribution in [2.75, 3.05) is 11.1 Å². The maximum atomic E-state index is 13.5. The van der Waals surface area contributed by atoms with Crippen molar-refractivity contribution < 1.29 is 8.78 Å². The summed E-state index contributed by atoms with van der Waals surface area (Å²) in [4.78, 5) is 0. The van der Waals surface area contributed by atoms with E-state index in [0.29, 0.717) is 10.2 Å². The average Bonchev–Trinajstić information content (AvgIpc) is 2.21. The molecule has 0 spiro atoms. The molecule has 0 amide bonds. The third-order valence-electron chi connectivity index (χ3n) is 2.13. The summed E-state index contributed by atoms with van der Waals surface area (Å²) < 4.78 is 27.2. The molecule has 2 aromatic rings. The van der Waals surface area contributed by atoms with Crippen LogP contribution in [-0.2, 0) is 0 Å². The van der Waals surface area contributed by atoms with Gasteiger partial charge in [-0.15, -0.1) is 0 Å². The zero-order valence-corrected chi connectivity index (χ0v) is 10.3. The molecule has 2 rings (SSSR count). The largest absolute Gasteiger partial charge is 0.399 e. The molecule has 0 aliphatic heterocycles. The smallest absolute Gasteiger partial charge is 0.147 e. The zero-order valence-electron chi connectivity index (χ0n) is 8.68. The molecule has 0 radical (unpaired) electrons. The molecular formula is C12H9BrF2N2. The molecule has 17 heavy (non-hydrogen) atoms. The van der Waals surface area contributed by atoms with E-state index < -0.39 is 11.6 Å². The van der Waals surface area contributed by atoms with Gasteiger partial charge in [-0.05, 0) is 36.4 Å². The maximum absolute atomic E-state index is 13.5. The molecular weight excluding hydrogens is 290 g/mol. The van der Waals surface area contributed by atoms with Gasteiger partial charge in [0.1, 0.15) is 11.6 Å². The number of nitrogens with two attached hydrogens (primary N) is 1. The van der Waals surface area contributed by atoms with E-state index in [0.717, 1.165) is 0 Å². The molecule has 0 saturated carbocycles. The number of anilines is 3. The highest BCUT2D eigenvalue weighted by Gasteiger charge is 2.04. The van der Waals surface area contributed by atoms with Gasteiger partial charge in [-0.25, -0.2) is 8.78 Å². The Morgan fingerprint density at radius 2 is 1.82 bits per heavy atom. The summed E-state index contributed by atoms with van der Waals surface area (Å²) >= 11 is 3.16. The van der Waals surface area contributed by atoms with E-state index in [4.69, 9.17) is 5.73 Å². The Labute approximate surface area is 106 Å². The Morgan fingerprint density at radius 1 is 1.06 bits per heavy atom. The van der Waals surface area contributed by atoms with Crippen molar-refractivity contribution in [3.05, 3.63) is 52.5 Å². The predicted molar refractivity (Wildman–Crippen MR) is 68.2 cm³/mol. The van der Waals surface area contributed by atoms with Crippen LogP contribution in [-0.4, -0.2) is 0 Å². The summed E-state index contributed by atoms with van der Waals surface area (Å²) in [6.07, 6.45) is 0. The quantitative estimate of drug-likeness (QED) is 0.821. The van der Waals surface area contributed by atoms with Crippen molar-refractivity contribution >= 4 is 33.0 Å². The van der Waals surface area contributed by atoms with Crippen LogP contribution in [0, 0.1) is 11.6 Å². The summed E-state index contributed by atoms with van der Waals surface area (Å²) in [7, 11) is 0. The molecule has 2 nitrogen and oxygen atoms in total. The van der Waals surface area contributed by atoms with Crippen LogP contribution in [0.3, 0.4) is 0 Å². The van der Waals surface area contributed by atoms with Gasteiger partial charge in [-0.3, -0.25) is 0 Å². The van der Waals surface area contributed by atoms with E-state index in [1.165, 1.54) is 24.3 Å². The third-order valence-corrected chi connectivity index (χ3v) is 2.62. The molecule has 0 aliphatic carbocycles. The fourth-order valence-corrected chi connectivity index (χ4v) is 1.76. The minimum atomic E-state index is -0.468. The number of rotatable bonds is 2. The van der Waals surface area contributed by atoms with Gasteiger partial charge in [0.05, 0.1) is 5.69 Å². The second kappa shape index (κ2) is 4.71. The van der Waals surface area contributed by atoms with Crippen molar-refractivity contribution in [3.8, 4) is 0 Å². The summed E-state index contributed by atoms with van der Waals surface area (Å²) in [6.45, 7) is 0. The van der Waals surface area contributed by atoms with E-state index in [1.54, 1.807) is 12.1 Å². The Balaban J connectivity index is 2.31. The SMILES string of the molecule is Nc1cc(F)cc(Nc2ccc(Br)cc2F)c1. The normalized spacial score (nSPS) is 10.3. The molecule has 0 heterocycles. The van der Waals surface area contributed by atoms with E-state index >= 15 is 0 Å². The molecule has 2 aromatic carbocycles. The van der Waals surface area contributed by atoms with Crippen LogP contribution in [0.5, 0.6) is 0 Å². The van der Waals surface area contributed by atoms with Gasteiger partial charge >= 0.3 is 0 Å². The van der Waals surface area contributed by atoms with Gasteiger partial charge in [-0.2, -0.15) is 0 Å². The van der Waals surface area contributed by atoms with Crippen molar-refractivity contribution in [1.82, 2.24) is 0 Å². The Hall–Kier alpha value is -1.62. The Bertz CT molecular complexity index is 538. The van der Waals surface area contributed by atoms with Gasteiger partial charge in [0.2, 0.25) is 0 Å². The molecule has 0 bridgehead atoms. The summed E-state index contributed by atoms with van der Waals surface area (Å²) in [5.41, 5.74) is 6.44.